The van der Waals surface area contributed by atoms with Gasteiger partial charge in [0.05, 0.1) is 12.2 Å². The van der Waals surface area contributed by atoms with E-state index in [4.69, 9.17) is 4.99 Å². The number of carbonyl (C=O) groups is 1. The molecular weight excluding hydrogens is 376 g/mol. The van der Waals surface area contributed by atoms with Gasteiger partial charge in [-0.25, -0.2) is 9.67 Å². The van der Waals surface area contributed by atoms with Crippen LogP contribution < -0.4 is 16.0 Å². The molecule has 1 heterocycles. The maximum Gasteiger partial charge on any atom is 0.223 e. The van der Waals surface area contributed by atoms with Crippen LogP contribution in [0.25, 0.3) is 5.69 Å². The number of aromatic nitrogens is 2. The zero-order chi connectivity index (χ0) is 21.3. The van der Waals surface area contributed by atoms with Gasteiger partial charge in [0.2, 0.25) is 5.91 Å². The summed E-state index contributed by atoms with van der Waals surface area (Å²) < 4.78 is 1.85. The molecule has 30 heavy (non-hydrogen) atoms. The number of hydrogen-bond acceptors (Lipinski definition) is 3. The van der Waals surface area contributed by atoms with Gasteiger partial charge in [0.25, 0.3) is 0 Å². The topological polar surface area (TPSA) is 83.3 Å². The highest BCUT2D eigenvalue weighted by Crippen LogP contribution is 2.24. The highest BCUT2D eigenvalue weighted by atomic mass is 16.1. The van der Waals surface area contributed by atoms with Crippen molar-refractivity contribution in [3.63, 3.8) is 0 Å². The Morgan fingerprint density at radius 2 is 2.17 bits per heavy atom. The van der Waals surface area contributed by atoms with Gasteiger partial charge in [0.1, 0.15) is 0 Å². The Bertz CT molecular complexity index is 830. The second-order valence-electron chi connectivity index (χ2n) is 8.18. The summed E-state index contributed by atoms with van der Waals surface area (Å²) >= 11 is 0. The summed E-state index contributed by atoms with van der Waals surface area (Å²) in [5, 5.41) is 14.2. The SMILES string of the molecule is CCNC(=NCc1cccc(-n2cccn2)c1)NC1CCCC(C(=O)NC(C)C)C1. The molecule has 0 bridgehead atoms. The lowest BCUT2D eigenvalue weighted by atomic mass is 9.85. The van der Waals surface area contributed by atoms with Gasteiger partial charge in [-0.15, -0.1) is 0 Å². The largest absolute Gasteiger partial charge is 0.357 e. The number of aliphatic imine (C=N–C) groups is 1. The molecule has 1 amide bonds. The summed E-state index contributed by atoms with van der Waals surface area (Å²) in [4.78, 5) is 17.2. The van der Waals surface area contributed by atoms with Gasteiger partial charge in [-0.3, -0.25) is 4.79 Å². The van der Waals surface area contributed by atoms with E-state index in [9.17, 15) is 4.79 Å². The third kappa shape index (κ3) is 6.34. The van der Waals surface area contributed by atoms with Crippen molar-refractivity contribution in [3.8, 4) is 5.69 Å². The summed E-state index contributed by atoms with van der Waals surface area (Å²) in [6.07, 6.45) is 7.63. The van der Waals surface area contributed by atoms with E-state index in [1.54, 1.807) is 6.20 Å². The lowest BCUT2D eigenvalue weighted by Gasteiger charge is -2.30. The Hall–Kier alpha value is -2.83. The van der Waals surface area contributed by atoms with Gasteiger partial charge in [-0.05, 0) is 63.8 Å². The molecule has 3 rings (SSSR count). The Morgan fingerprint density at radius 3 is 2.90 bits per heavy atom. The Morgan fingerprint density at radius 1 is 1.30 bits per heavy atom. The predicted octanol–water partition coefficient (Wildman–Crippen LogP) is 3.01. The number of nitrogens with zero attached hydrogens (tertiary/aromatic N) is 3. The van der Waals surface area contributed by atoms with Crippen LogP contribution in [0.2, 0.25) is 0 Å². The molecule has 1 aliphatic rings. The van der Waals surface area contributed by atoms with Crippen molar-refractivity contribution < 1.29 is 4.79 Å². The van der Waals surface area contributed by atoms with E-state index in [0.717, 1.165) is 49.4 Å². The zero-order valence-electron chi connectivity index (χ0n) is 18.3. The number of guanidine groups is 1. The first-order chi connectivity index (χ1) is 14.5. The number of amides is 1. The average Bonchev–Trinajstić information content (AvgIpc) is 3.27. The molecule has 2 aromatic rings. The van der Waals surface area contributed by atoms with E-state index < -0.39 is 0 Å². The normalized spacial score (nSPS) is 19.5. The molecule has 1 fully saturated rings. The molecule has 0 aliphatic heterocycles. The monoisotopic (exact) mass is 410 g/mol. The Kier molecular flexibility index (Phi) is 7.88. The molecule has 2 atom stereocenters. The first-order valence-corrected chi connectivity index (χ1v) is 11.0. The summed E-state index contributed by atoms with van der Waals surface area (Å²) in [5.74, 6) is 1.05. The van der Waals surface area contributed by atoms with E-state index >= 15 is 0 Å². The summed E-state index contributed by atoms with van der Waals surface area (Å²) in [7, 11) is 0. The number of carbonyl (C=O) groups excluding carboxylic acids is 1. The first-order valence-electron chi connectivity index (χ1n) is 11.0. The fraction of sp³-hybridized carbons (Fsp3) is 0.522. The zero-order valence-corrected chi connectivity index (χ0v) is 18.3. The van der Waals surface area contributed by atoms with Gasteiger partial charge in [-0.1, -0.05) is 18.6 Å². The van der Waals surface area contributed by atoms with E-state index in [0.29, 0.717) is 6.54 Å². The highest BCUT2D eigenvalue weighted by molar-refractivity contribution is 5.81. The van der Waals surface area contributed by atoms with Crippen LogP contribution >= 0.6 is 0 Å². The molecule has 1 saturated carbocycles. The fourth-order valence-electron chi connectivity index (χ4n) is 3.86. The third-order valence-corrected chi connectivity index (χ3v) is 5.26. The Balaban J connectivity index is 1.62. The summed E-state index contributed by atoms with van der Waals surface area (Å²) in [5.41, 5.74) is 2.15. The molecule has 162 valence electrons. The minimum Gasteiger partial charge on any atom is -0.357 e. The number of hydrogen-bond donors (Lipinski definition) is 3. The van der Waals surface area contributed by atoms with Gasteiger partial charge < -0.3 is 16.0 Å². The number of benzene rings is 1. The van der Waals surface area contributed by atoms with E-state index in [1.807, 2.05) is 42.9 Å². The second kappa shape index (κ2) is 10.8. The Labute approximate surface area is 179 Å². The van der Waals surface area contributed by atoms with Crippen LogP contribution in [0, 0.1) is 5.92 Å². The maximum atomic E-state index is 12.4. The van der Waals surface area contributed by atoms with Crippen molar-refractivity contribution in [2.24, 2.45) is 10.9 Å². The van der Waals surface area contributed by atoms with Gasteiger partial charge >= 0.3 is 0 Å². The molecule has 1 aromatic heterocycles. The number of nitrogens with one attached hydrogen (secondary N) is 3. The van der Waals surface area contributed by atoms with Gasteiger partial charge in [0.15, 0.2) is 5.96 Å². The summed E-state index contributed by atoms with van der Waals surface area (Å²) in [6.45, 7) is 7.45. The molecule has 0 saturated heterocycles. The van der Waals surface area contributed by atoms with Crippen LogP contribution in [0.15, 0.2) is 47.7 Å². The van der Waals surface area contributed by atoms with Crippen molar-refractivity contribution in [2.45, 2.75) is 65.1 Å². The molecule has 1 aromatic carbocycles. The molecule has 7 nitrogen and oxygen atoms in total. The van der Waals surface area contributed by atoms with Crippen molar-refractivity contribution in [1.29, 1.82) is 0 Å². The quantitative estimate of drug-likeness (QED) is 0.484. The third-order valence-electron chi connectivity index (χ3n) is 5.26. The van der Waals surface area contributed by atoms with Crippen LogP contribution in [0.4, 0.5) is 0 Å². The molecular formula is C23H34N6O. The van der Waals surface area contributed by atoms with E-state index in [-0.39, 0.29) is 23.9 Å². The minimum absolute atomic E-state index is 0.0762. The fourth-order valence-corrected chi connectivity index (χ4v) is 3.86. The van der Waals surface area contributed by atoms with Crippen molar-refractivity contribution >= 4 is 11.9 Å². The van der Waals surface area contributed by atoms with Crippen LogP contribution in [-0.2, 0) is 11.3 Å². The average molecular weight is 411 g/mol. The van der Waals surface area contributed by atoms with E-state index in [2.05, 4.69) is 40.1 Å². The van der Waals surface area contributed by atoms with Crippen molar-refractivity contribution in [2.75, 3.05) is 6.54 Å². The predicted molar refractivity (Wildman–Crippen MR) is 121 cm³/mol. The highest BCUT2D eigenvalue weighted by Gasteiger charge is 2.28. The molecule has 0 radical (unpaired) electrons. The lowest BCUT2D eigenvalue weighted by Crippen LogP contribution is -2.47. The molecule has 2 unspecified atom stereocenters. The van der Waals surface area contributed by atoms with Gasteiger partial charge in [-0.2, -0.15) is 5.10 Å². The minimum atomic E-state index is 0.0762. The standard InChI is InChI=1S/C23H34N6O/c1-4-24-23(28-20-10-6-9-19(15-20)22(30)27-17(2)3)25-16-18-8-5-11-21(14-18)29-13-7-12-26-29/h5,7-8,11-14,17,19-20H,4,6,9-10,15-16H2,1-3H3,(H,27,30)(H2,24,25,28). The second-order valence-corrected chi connectivity index (χ2v) is 8.18. The maximum absolute atomic E-state index is 12.4. The van der Waals surface area contributed by atoms with Crippen molar-refractivity contribution in [1.82, 2.24) is 25.7 Å². The van der Waals surface area contributed by atoms with Gasteiger partial charge in [0, 0.05) is 36.9 Å². The molecule has 1 aliphatic carbocycles. The van der Waals surface area contributed by atoms with Crippen molar-refractivity contribution in [3.05, 3.63) is 48.3 Å². The molecule has 3 N–H and O–H groups in total. The van der Waals surface area contributed by atoms with E-state index in [1.165, 1.54) is 0 Å². The van der Waals surface area contributed by atoms with Crippen LogP contribution in [-0.4, -0.2) is 40.3 Å². The molecule has 0 spiro atoms. The smallest absolute Gasteiger partial charge is 0.223 e. The van der Waals surface area contributed by atoms with Crippen LogP contribution in [0.3, 0.4) is 0 Å². The number of rotatable bonds is 7. The lowest BCUT2D eigenvalue weighted by molar-refractivity contribution is -0.126. The van der Waals surface area contributed by atoms with Crippen LogP contribution in [0.5, 0.6) is 0 Å². The summed E-state index contributed by atoms with van der Waals surface area (Å²) in [6, 6.07) is 10.6. The molecule has 7 heteroatoms. The van der Waals surface area contributed by atoms with Crippen LogP contribution in [0.1, 0.15) is 52.0 Å². The first kappa shape index (κ1) is 21.9.